The third-order valence-corrected chi connectivity index (χ3v) is 3.56. The van der Waals surface area contributed by atoms with Gasteiger partial charge in [-0.2, -0.15) is 0 Å². The highest BCUT2D eigenvalue weighted by molar-refractivity contribution is 5.90. The monoisotopic (exact) mass is 234 g/mol. The van der Waals surface area contributed by atoms with E-state index in [1.165, 1.54) is 25.3 Å². The van der Waals surface area contributed by atoms with Crippen LogP contribution in [-0.2, 0) is 0 Å². The summed E-state index contributed by atoms with van der Waals surface area (Å²) in [5.41, 5.74) is 7.74. The van der Waals surface area contributed by atoms with Crippen LogP contribution >= 0.6 is 0 Å². The molecule has 1 aliphatic rings. The molecule has 2 rings (SSSR count). The SMILES string of the molecule is CC1(CNc2ccc(C(=O)O)cc2N)CCC1. The molecule has 0 saturated heterocycles. The number of nitrogens with one attached hydrogen (secondary N) is 1. The van der Waals surface area contributed by atoms with Gasteiger partial charge in [0.2, 0.25) is 0 Å². The number of carboxylic acid groups (broad SMARTS) is 1. The van der Waals surface area contributed by atoms with Crippen molar-refractivity contribution in [2.75, 3.05) is 17.6 Å². The van der Waals surface area contributed by atoms with Crippen molar-refractivity contribution in [1.29, 1.82) is 0 Å². The Kier molecular flexibility index (Phi) is 2.96. The van der Waals surface area contributed by atoms with Crippen LogP contribution in [-0.4, -0.2) is 17.6 Å². The lowest BCUT2D eigenvalue weighted by Gasteiger charge is -2.38. The molecule has 1 aliphatic carbocycles. The summed E-state index contributed by atoms with van der Waals surface area (Å²) in [5.74, 6) is -0.950. The van der Waals surface area contributed by atoms with Crippen molar-refractivity contribution < 1.29 is 9.90 Å². The first-order chi connectivity index (χ1) is 8.00. The highest BCUT2D eigenvalue weighted by Gasteiger charge is 2.31. The van der Waals surface area contributed by atoms with Gasteiger partial charge in [0.25, 0.3) is 0 Å². The molecule has 0 spiro atoms. The summed E-state index contributed by atoms with van der Waals surface area (Å²) in [5, 5.41) is 12.1. The number of aromatic carboxylic acids is 1. The number of nitrogens with two attached hydrogens (primary N) is 1. The van der Waals surface area contributed by atoms with Gasteiger partial charge in [0.05, 0.1) is 16.9 Å². The van der Waals surface area contributed by atoms with Crippen LogP contribution in [0.15, 0.2) is 18.2 Å². The number of nitrogen functional groups attached to an aromatic ring is 1. The zero-order valence-corrected chi connectivity index (χ0v) is 9.99. The summed E-state index contributed by atoms with van der Waals surface area (Å²) in [6, 6.07) is 4.80. The molecule has 4 heteroatoms. The molecule has 0 aromatic heterocycles. The van der Waals surface area contributed by atoms with Crippen molar-refractivity contribution in [2.45, 2.75) is 26.2 Å². The number of hydrogen-bond donors (Lipinski definition) is 3. The lowest BCUT2D eigenvalue weighted by molar-refractivity contribution is 0.0697. The topological polar surface area (TPSA) is 75.3 Å². The molecule has 0 unspecified atom stereocenters. The summed E-state index contributed by atoms with van der Waals surface area (Å²) in [6.07, 6.45) is 3.78. The number of benzene rings is 1. The molecule has 1 aromatic carbocycles. The van der Waals surface area contributed by atoms with E-state index in [0.717, 1.165) is 12.2 Å². The van der Waals surface area contributed by atoms with Gasteiger partial charge in [-0.3, -0.25) is 0 Å². The van der Waals surface area contributed by atoms with Crippen LogP contribution in [0, 0.1) is 5.41 Å². The van der Waals surface area contributed by atoms with E-state index in [0.29, 0.717) is 11.1 Å². The fraction of sp³-hybridized carbons (Fsp3) is 0.462. The number of carboxylic acids is 1. The summed E-state index contributed by atoms with van der Waals surface area (Å²) in [7, 11) is 0. The van der Waals surface area contributed by atoms with Crippen LogP contribution in [0.5, 0.6) is 0 Å². The summed E-state index contributed by atoms with van der Waals surface area (Å²) >= 11 is 0. The zero-order valence-electron chi connectivity index (χ0n) is 9.99. The molecule has 92 valence electrons. The van der Waals surface area contributed by atoms with Gasteiger partial charge in [-0.15, -0.1) is 0 Å². The molecule has 0 amide bonds. The fourth-order valence-electron chi connectivity index (χ4n) is 2.12. The first-order valence-electron chi connectivity index (χ1n) is 5.87. The maximum absolute atomic E-state index is 10.8. The summed E-state index contributed by atoms with van der Waals surface area (Å²) in [6.45, 7) is 3.15. The van der Waals surface area contributed by atoms with E-state index < -0.39 is 5.97 Å². The van der Waals surface area contributed by atoms with E-state index in [1.807, 2.05) is 0 Å². The summed E-state index contributed by atoms with van der Waals surface area (Å²) in [4.78, 5) is 10.8. The predicted molar refractivity (Wildman–Crippen MR) is 68.3 cm³/mol. The highest BCUT2D eigenvalue weighted by atomic mass is 16.4. The second kappa shape index (κ2) is 4.28. The number of anilines is 2. The Bertz CT molecular complexity index is 439. The number of rotatable bonds is 4. The maximum atomic E-state index is 10.8. The standard InChI is InChI=1S/C13H18N2O2/c1-13(5-2-6-13)8-15-11-4-3-9(12(16)17)7-10(11)14/h3-4,7,15H,2,5-6,8,14H2,1H3,(H,16,17). The van der Waals surface area contributed by atoms with Crippen molar-refractivity contribution >= 4 is 17.3 Å². The molecular formula is C13H18N2O2. The lowest BCUT2D eigenvalue weighted by atomic mass is 9.70. The Morgan fingerprint density at radius 3 is 2.71 bits per heavy atom. The maximum Gasteiger partial charge on any atom is 0.335 e. The van der Waals surface area contributed by atoms with Crippen LogP contribution in [0.2, 0.25) is 0 Å². The van der Waals surface area contributed by atoms with Gasteiger partial charge in [-0.1, -0.05) is 13.3 Å². The van der Waals surface area contributed by atoms with E-state index in [-0.39, 0.29) is 5.56 Å². The predicted octanol–water partition coefficient (Wildman–Crippen LogP) is 2.57. The molecule has 4 nitrogen and oxygen atoms in total. The largest absolute Gasteiger partial charge is 0.478 e. The first-order valence-corrected chi connectivity index (χ1v) is 5.87. The molecule has 0 bridgehead atoms. The van der Waals surface area contributed by atoms with Crippen LogP contribution in [0.4, 0.5) is 11.4 Å². The van der Waals surface area contributed by atoms with Gasteiger partial charge in [0.1, 0.15) is 0 Å². The molecule has 17 heavy (non-hydrogen) atoms. The van der Waals surface area contributed by atoms with E-state index in [9.17, 15) is 4.79 Å². The van der Waals surface area contributed by atoms with E-state index in [2.05, 4.69) is 12.2 Å². The molecule has 0 heterocycles. The van der Waals surface area contributed by atoms with Crippen molar-refractivity contribution in [3.63, 3.8) is 0 Å². The highest BCUT2D eigenvalue weighted by Crippen LogP contribution is 2.40. The second-order valence-electron chi connectivity index (χ2n) is 5.12. The molecule has 4 N–H and O–H groups in total. The quantitative estimate of drug-likeness (QED) is 0.700. The average Bonchev–Trinajstić information content (AvgIpc) is 2.24. The van der Waals surface area contributed by atoms with Crippen molar-refractivity contribution in [3.8, 4) is 0 Å². The Balaban J connectivity index is 2.03. The average molecular weight is 234 g/mol. The molecule has 0 radical (unpaired) electrons. The Hall–Kier alpha value is -1.71. The van der Waals surface area contributed by atoms with E-state index in [4.69, 9.17) is 10.8 Å². The third kappa shape index (κ3) is 2.52. The minimum absolute atomic E-state index is 0.225. The second-order valence-corrected chi connectivity index (χ2v) is 5.12. The minimum atomic E-state index is -0.950. The van der Waals surface area contributed by atoms with Crippen molar-refractivity contribution in [3.05, 3.63) is 23.8 Å². The van der Waals surface area contributed by atoms with Gasteiger partial charge >= 0.3 is 5.97 Å². The fourth-order valence-corrected chi connectivity index (χ4v) is 2.12. The molecule has 0 aliphatic heterocycles. The number of hydrogen-bond acceptors (Lipinski definition) is 3. The Morgan fingerprint density at radius 1 is 1.53 bits per heavy atom. The molecule has 0 atom stereocenters. The zero-order chi connectivity index (χ0) is 12.5. The van der Waals surface area contributed by atoms with Gasteiger partial charge in [0, 0.05) is 6.54 Å². The van der Waals surface area contributed by atoms with Crippen molar-refractivity contribution in [1.82, 2.24) is 0 Å². The van der Waals surface area contributed by atoms with Gasteiger partial charge in [-0.25, -0.2) is 4.79 Å². The summed E-state index contributed by atoms with van der Waals surface area (Å²) < 4.78 is 0. The van der Waals surface area contributed by atoms with Crippen LogP contribution in [0.3, 0.4) is 0 Å². The van der Waals surface area contributed by atoms with E-state index >= 15 is 0 Å². The lowest BCUT2D eigenvalue weighted by Crippen LogP contribution is -2.33. The molecule has 1 aromatic rings. The number of carbonyl (C=O) groups is 1. The van der Waals surface area contributed by atoms with Gasteiger partial charge in [0.15, 0.2) is 0 Å². The van der Waals surface area contributed by atoms with E-state index in [1.54, 1.807) is 12.1 Å². The third-order valence-electron chi connectivity index (χ3n) is 3.56. The molecule has 1 saturated carbocycles. The Morgan fingerprint density at radius 2 is 2.24 bits per heavy atom. The van der Waals surface area contributed by atoms with Gasteiger partial charge in [-0.05, 0) is 36.5 Å². The molecular weight excluding hydrogens is 216 g/mol. The van der Waals surface area contributed by atoms with Crippen LogP contribution < -0.4 is 11.1 Å². The van der Waals surface area contributed by atoms with Crippen molar-refractivity contribution in [2.24, 2.45) is 5.41 Å². The van der Waals surface area contributed by atoms with Crippen LogP contribution in [0.1, 0.15) is 36.5 Å². The normalized spacial score (nSPS) is 17.2. The Labute approximate surface area is 101 Å². The van der Waals surface area contributed by atoms with Gasteiger partial charge < -0.3 is 16.2 Å². The smallest absolute Gasteiger partial charge is 0.335 e. The molecule has 1 fully saturated rings. The first kappa shape index (κ1) is 11.8. The van der Waals surface area contributed by atoms with Crippen LogP contribution in [0.25, 0.3) is 0 Å². The minimum Gasteiger partial charge on any atom is -0.478 e.